The van der Waals surface area contributed by atoms with Gasteiger partial charge in [0.15, 0.2) is 0 Å². The van der Waals surface area contributed by atoms with Crippen LogP contribution in [0, 0.1) is 0 Å². The summed E-state index contributed by atoms with van der Waals surface area (Å²) >= 11 is 0. The zero-order valence-electron chi connectivity index (χ0n) is 8.98. The second kappa shape index (κ2) is 3.84. The van der Waals surface area contributed by atoms with Crippen LogP contribution >= 0.6 is 0 Å². The Bertz CT molecular complexity index is 660. The van der Waals surface area contributed by atoms with E-state index in [4.69, 9.17) is 0 Å². The number of fused-ring (bicyclic) bond motifs is 2. The van der Waals surface area contributed by atoms with E-state index in [1.54, 1.807) is 0 Å². The Morgan fingerprint density at radius 3 is 3.00 bits per heavy atom. The van der Waals surface area contributed by atoms with Crippen LogP contribution < -0.4 is 10.4 Å². The third-order valence-corrected chi connectivity index (χ3v) is 2.94. The molecule has 16 heavy (non-hydrogen) atoms. The molecule has 76 valence electrons. The van der Waals surface area contributed by atoms with E-state index >= 15 is 0 Å². The van der Waals surface area contributed by atoms with Crippen LogP contribution in [-0.4, -0.2) is 0 Å². The predicted octanol–water partition coefficient (Wildman–Crippen LogP) is 2.23. The van der Waals surface area contributed by atoms with Crippen molar-refractivity contribution in [1.82, 2.24) is 0 Å². The Balaban J connectivity index is 2.44. The summed E-state index contributed by atoms with van der Waals surface area (Å²) in [6.07, 6.45) is 13.6. The maximum atomic E-state index is 3.34. The van der Waals surface area contributed by atoms with Gasteiger partial charge in [0.2, 0.25) is 0 Å². The van der Waals surface area contributed by atoms with Crippen molar-refractivity contribution in [2.24, 2.45) is 0 Å². The number of allylic oxidation sites excluding steroid dienone is 5. The number of benzene rings is 1. The summed E-state index contributed by atoms with van der Waals surface area (Å²) in [6.45, 7) is 0. The molecule has 0 aromatic heterocycles. The molecule has 0 amide bonds. The van der Waals surface area contributed by atoms with Crippen LogP contribution in [0.3, 0.4) is 0 Å². The predicted molar refractivity (Wildman–Crippen MR) is 68.1 cm³/mol. The summed E-state index contributed by atoms with van der Waals surface area (Å²) in [5.74, 6) is 0. The van der Waals surface area contributed by atoms with E-state index in [0.29, 0.717) is 0 Å². The quantitative estimate of drug-likeness (QED) is 0.568. The standard InChI is InChI=1S/C16H12/c1-2-7-13-9-6-10-14-8-4-5-12-16(14)15(13)11-3-1/h1-8,10,12H,11H2. The molecule has 0 atom stereocenters. The summed E-state index contributed by atoms with van der Waals surface area (Å²) in [5, 5.41) is 2.61. The highest BCUT2D eigenvalue weighted by Crippen LogP contribution is 2.18. The molecular weight excluding hydrogens is 192 g/mol. The summed E-state index contributed by atoms with van der Waals surface area (Å²) in [7, 11) is 0. The third kappa shape index (κ3) is 1.50. The van der Waals surface area contributed by atoms with Crippen LogP contribution in [0.15, 0.2) is 65.9 Å². The minimum Gasteiger partial charge on any atom is -0.113 e. The highest BCUT2D eigenvalue weighted by Gasteiger charge is 2.05. The van der Waals surface area contributed by atoms with Crippen LogP contribution in [0.25, 0.3) is 11.6 Å². The Morgan fingerprint density at radius 1 is 1.06 bits per heavy atom. The molecule has 0 fully saturated rings. The molecule has 3 rings (SSSR count). The summed E-state index contributed by atoms with van der Waals surface area (Å²) in [4.78, 5) is 0. The van der Waals surface area contributed by atoms with Crippen LogP contribution in [-0.2, 0) is 0 Å². The molecule has 0 saturated heterocycles. The third-order valence-electron chi connectivity index (χ3n) is 2.94. The first-order valence-electron chi connectivity index (χ1n) is 5.54. The van der Waals surface area contributed by atoms with E-state index in [2.05, 4.69) is 60.4 Å². The zero-order chi connectivity index (χ0) is 10.8. The van der Waals surface area contributed by atoms with Crippen molar-refractivity contribution >= 4 is 11.6 Å². The molecule has 0 unspecified atom stereocenters. The minimum absolute atomic E-state index is 0.980. The minimum atomic E-state index is 0.980. The molecule has 0 bridgehead atoms. The molecule has 2 aliphatic rings. The van der Waals surface area contributed by atoms with Gasteiger partial charge in [0.05, 0.1) is 0 Å². The summed E-state index contributed by atoms with van der Waals surface area (Å²) < 4.78 is 0. The first kappa shape index (κ1) is 9.21. The van der Waals surface area contributed by atoms with Crippen LogP contribution in [0.4, 0.5) is 0 Å². The second-order valence-electron chi connectivity index (χ2n) is 3.95. The summed E-state index contributed by atoms with van der Waals surface area (Å²) in [6, 6.07) is 8.52. The van der Waals surface area contributed by atoms with Gasteiger partial charge in [-0.15, -0.1) is 5.73 Å². The molecule has 0 aliphatic heterocycles. The molecule has 0 heterocycles. The molecule has 1 aromatic carbocycles. The molecule has 0 nitrogen and oxygen atoms in total. The van der Waals surface area contributed by atoms with Gasteiger partial charge in [-0.25, -0.2) is 0 Å². The molecule has 0 heteroatoms. The Kier molecular flexibility index (Phi) is 2.21. The van der Waals surface area contributed by atoms with Crippen LogP contribution in [0.5, 0.6) is 0 Å². The van der Waals surface area contributed by atoms with Gasteiger partial charge in [0, 0.05) is 5.57 Å². The topological polar surface area (TPSA) is 0 Å². The molecule has 0 saturated carbocycles. The van der Waals surface area contributed by atoms with E-state index in [-0.39, 0.29) is 0 Å². The second-order valence-corrected chi connectivity index (χ2v) is 3.95. The lowest BCUT2D eigenvalue weighted by Crippen LogP contribution is -2.26. The van der Waals surface area contributed by atoms with E-state index in [0.717, 1.165) is 6.42 Å². The Morgan fingerprint density at radius 2 is 2.00 bits per heavy atom. The van der Waals surface area contributed by atoms with Crippen LogP contribution in [0.2, 0.25) is 0 Å². The van der Waals surface area contributed by atoms with Gasteiger partial charge >= 0.3 is 0 Å². The lowest BCUT2D eigenvalue weighted by atomic mass is 10.0. The lowest BCUT2D eigenvalue weighted by Gasteiger charge is -2.02. The normalized spacial score (nSPS) is 16.8. The lowest BCUT2D eigenvalue weighted by molar-refractivity contribution is 1.36. The molecule has 0 N–H and O–H groups in total. The van der Waals surface area contributed by atoms with Crippen LogP contribution in [0.1, 0.15) is 6.42 Å². The Labute approximate surface area is 94.9 Å². The van der Waals surface area contributed by atoms with Crippen molar-refractivity contribution in [1.29, 1.82) is 0 Å². The molecule has 1 aromatic rings. The van der Waals surface area contributed by atoms with Gasteiger partial charge in [-0.1, -0.05) is 42.5 Å². The van der Waals surface area contributed by atoms with Gasteiger partial charge < -0.3 is 0 Å². The highest BCUT2D eigenvalue weighted by atomic mass is 14.1. The maximum Gasteiger partial charge on any atom is 0.0205 e. The van der Waals surface area contributed by atoms with E-state index in [9.17, 15) is 0 Å². The van der Waals surface area contributed by atoms with E-state index in [1.165, 1.54) is 21.6 Å². The average molecular weight is 204 g/mol. The van der Waals surface area contributed by atoms with Crippen molar-refractivity contribution in [2.75, 3.05) is 0 Å². The largest absolute Gasteiger partial charge is 0.113 e. The average Bonchev–Trinajstić information content (AvgIpc) is 2.62. The van der Waals surface area contributed by atoms with Crippen molar-refractivity contribution in [3.63, 3.8) is 0 Å². The summed E-state index contributed by atoms with van der Waals surface area (Å²) in [5.41, 5.74) is 5.91. The fourth-order valence-corrected chi connectivity index (χ4v) is 2.16. The van der Waals surface area contributed by atoms with Crippen molar-refractivity contribution in [3.05, 3.63) is 76.4 Å². The Hall–Kier alpha value is -2.04. The number of hydrogen-bond donors (Lipinski definition) is 0. The van der Waals surface area contributed by atoms with Gasteiger partial charge in [0.1, 0.15) is 0 Å². The van der Waals surface area contributed by atoms with Gasteiger partial charge in [0.25, 0.3) is 0 Å². The fraction of sp³-hybridized carbons (Fsp3) is 0.0625. The van der Waals surface area contributed by atoms with E-state index in [1.807, 2.05) is 6.08 Å². The number of hydrogen-bond acceptors (Lipinski definition) is 0. The van der Waals surface area contributed by atoms with Gasteiger partial charge in [-0.2, -0.15) is 0 Å². The van der Waals surface area contributed by atoms with Crippen molar-refractivity contribution in [3.8, 4) is 0 Å². The first-order chi connectivity index (χ1) is 7.95. The smallest absolute Gasteiger partial charge is 0.0205 e. The molecule has 2 aliphatic carbocycles. The number of rotatable bonds is 0. The monoisotopic (exact) mass is 204 g/mol. The van der Waals surface area contributed by atoms with Crippen molar-refractivity contribution in [2.45, 2.75) is 6.42 Å². The fourth-order valence-electron chi connectivity index (χ4n) is 2.16. The SMILES string of the molecule is C1=CC=c2ccccc2=C2CC=CC=CC=12. The molecule has 0 spiro atoms. The first-order valence-corrected chi connectivity index (χ1v) is 5.54. The molecule has 0 radical (unpaired) electrons. The van der Waals surface area contributed by atoms with Gasteiger partial charge in [-0.3, -0.25) is 0 Å². The zero-order valence-corrected chi connectivity index (χ0v) is 8.98. The highest BCUT2D eigenvalue weighted by molar-refractivity contribution is 5.72. The maximum absolute atomic E-state index is 3.34. The van der Waals surface area contributed by atoms with Gasteiger partial charge in [-0.05, 0) is 40.7 Å². The van der Waals surface area contributed by atoms with E-state index < -0.39 is 0 Å². The molecular formula is C16H12. The van der Waals surface area contributed by atoms with Crippen molar-refractivity contribution < 1.29 is 0 Å².